The highest BCUT2D eigenvalue weighted by atomic mass is 16.4. The predicted molar refractivity (Wildman–Crippen MR) is 73.3 cm³/mol. The van der Waals surface area contributed by atoms with Gasteiger partial charge in [-0.2, -0.15) is 0 Å². The summed E-state index contributed by atoms with van der Waals surface area (Å²) in [6, 6.07) is -0.372. The Kier molecular flexibility index (Phi) is 5.37. The average molecular weight is 284 g/mol. The molecule has 20 heavy (non-hydrogen) atoms. The molecular weight excluding hydrogens is 260 g/mol. The minimum atomic E-state index is -0.922. The van der Waals surface area contributed by atoms with E-state index >= 15 is 0 Å². The van der Waals surface area contributed by atoms with Crippen LogP contribution < -0.4 is 5.32 Å². The van der Waals surface area contributed by atoms with Crippen LogP contribution in [0.15, 0.2) is 0 Å². The number of aliphatic carboxylic acids is 1. The molecular formula is C14H24N2O4. The summed E-state index contributed by atoms with van der Waals surface area (Å²) in [7, 11) is 0. The number of carboxylic acids is 1. The molecule has 0 spiro atoms. The summed E-state index contributed by atoms with van der Waals surface area (Å²) in [4.78, 5) is 24.6. The molecule has 2 unspecified atom stereocenters. The first-order chi connectivity index (χ1) is 9.56. The molecule has 6 heteroatoms. The van der Waals surface area contributed by atoms with Gasteiger partial charge in [0.1, 0.15) is 6.04 Å². The lowest BCUT2D eigenvalue weighted by atomic mass is 9.95. The van der Waals surface area contributed by atoms with E-state index in [9.17, 15) is 14.7 Å². The van der Waals surface area contributed by atoms with Crippen LogP contribution >= 0.6 is 0 Å². The minimum Gasteiger partial charge on any atom is -0.480 e. The van der Waals surface area contributed by atoms with Crippen molar-refractivity contribution in [1.82, 2.24) is 10.2 Å². The quantitative estimate of drug-likeness (QED) is 0.677. The molecule has 2 aliphatic rings. The third kappa shape index (κ3) is 4.18. The van der Waals surface area contributed by atoms with Gasteiger partial charge in [-0.1, -0.05) is 19.3 Å². The molecule has 0 aromatic heterocycles. The lowest BCUT2D eigenvalue weighted by molar-refractivity contribution is -0.142. The standard InChI is InChI=1S/C14H24N2O4/c17-11-8-12(14(19)20)16(9-11)7-6-13(18)15-10-4-2-1-3-5-10/h10-12,17H,1-9H2,(H,15,18)(H,19,20). The van der Waals surface area contributed by atoms with Crippen LogP contribution in [0.25, 0.3) is 0 Å². The maximum atomic E-state index is 11.9. The Labute approximate surface area is 119 Å². The van der Waals surface area contributed by atoms with Gasteiger partial charge in [-0.05, 0) is 12.8 Å². The number of amides is 1. The fourth-order valence-electron chi connectivity index (χ4n) is 3.18. The fraction of sp³-hybridized carbons (Fsp3) is 0.857. The van der Waals surface area contributed by atoms with Crippen molar-refractivity contribution in [2.75, 3.05) is 13.1 Å². The Morgan fingerprint density at radius 1 is 1.20 bits per heavy atom. The van der Waals surface area contributed by atoms with E-state index in [0.717, 1.165) is 12.8 Å². The molecule has 0 radical (unpaired) electrons. The van der Waals surface area contributed by atoms with Crippen molar-refractivity contribution >= 4 is 11.9 Å². The molecule has 1 aliphatic heterocycles. The number of carbonyl (C=O) groups excluding carboxylic acids is 1. The molecule has 6 nitrogen and oxygen atoms in total. The van der Waals surface area contributed by atoms with Crippen molar-refractivity contribution in [3.05, 3.63) is 0 Å². The number of carboxylic acid groups (broad SMARTS) is 1. The highest BCUT2D eigenvalue weighted by Crippen LogP contribution is 2.19. The van der Waals surface area contributed by atoms with E-state index in [-0.39, 0.29) is 18.4 Å². The number of nitrogens with zero attached hydrogens (tertiary/aromatic N) is 1. The van der Waals surface area contributed by atoms with E-state index in [4.69, 9.17) is 5.11 Å². The number of hydrogen-bond acceptors (Lipinski definition) is 4. The predicted octanol–water partition coefficient (Wildman–Crippen LogP) is 0.345. The van der Waals surface area contributed by atoms with Gasteiger partial charge in [0.2, 0.25) is 5.91 Å². The van der Waals surface area contributed by atoms with Crippen molar-refractivity contribution in [3.8, 4) is 0 Å². The number of nitrogens with one attached hydrogen (secondary N) is 1. The molecule has 1 aliphatic carbocycles. The van der Waals surface area contributed by atoms with Crippen molar-refractivity contribution in [2.24, 2.45) is 0 Å². The lowest BCUT2D eigenvalue weighted by Crippen LogP contribution is -2.41. The number of aliphatic hydroxyl groups excluding tert-OH is 1. The van der Waals surface area contributed by atoms with Crippen molar-refractivity contribution in [3.63, 3.8) is 0 Å². The van der Waals surface area contributed by atoms with Crippen LogP contribution in [-0.2, 0) is 9.59 Å². The highest BCUT2D eigenvalue weighted by molar-refractivity contribution is 5.77. The van der Waals surface area contributed by atoms with Crippen molar-refractivity contribution in [1.29, 1.82) is 0 Å². The number of hydrogen-bond donors (Lipinski definition) is 3. The Morgan fingerprint density at radius 2 is 1.90 bits per heavy atom. The first-order valence-electron chi connectivity index (χ1n) is 7.50. The summed E-state index contributed by atoms with van der Waals surface area (Å²) in [5.41, 5.74) is 0. The molecule has 114 valence electrons. The Balaban J connectivity index is 1.73. The van der Waals surface area contributed by atoms with Crippen molar-refractivity contribution in [2.45, 2.75) is 63.1 Å². The summed E-state index contributed by atoms with van der Waals surface area (Å²) in [6.07, 6.45) is 5.63. The lowest BCUT2D eigenvalue weighted by Gasteiger charge is -2.24. The van der Waals surface area contributed by atoms with Crippen LogP contribution in [0.4, 0.5) is 0 Å². The third-order valence-electron chi connectivity index (χ3n) is 4.26. The van der Waals surface area contributed by atoms with Crippen LogP contribution in [0, 0.1) is 0 Å². The van der Waals surface area contributed by atoms with E-state index in [2.05, 4.69) is 5.32 Å². The molecule has 1 saturated heterocycles. The van der Waals surface area contributed by atoms with Gasteiger partial charge in [0.15, 0.2) is 0 Å². The zero-order valence-corrected chi connectivity index (χ0v) is 11.8. The highest BCUT2D eigenvalue weighted by Gasteiger charge is 2.35. The molecule has 1 heterocycles. The molecule has 3 N–H and O–H groups in total. The van der Waals surface area contributed by atoms with Gasteiger partial charge < -0.3 is 15.5 Å². The normalized spacial score (nSPS) is 28.4. The first kappa shape index (κ1) is 15.3. The van der Waals surface area contributed by atoms with Gasteiger partial charge >= 0.3 is 5.97 Å². The summed E-state index contributed by atoms with van der Waals surface area (Å²) >= 11 is 0. The number of β-amino-alcohol motifs (C(OH)–C–C–N with tert-alkyl or cyclic N) is 1. The summed E-state index contributed by atoms with van der Waals surface area (Å²) < 4.78 is 0. The Morgan fingerprint density at radius 3 is 2.55 bits per heavy atom. The number of carbonyl (C=O) groups is 2. The van der Waals surface area contributed by atoms with Gasteiger partial charge in [0, 0.05) is 32.0 Å². The summed E-state index contributed by atoms with van der Waals surface area (Å²) in [5.74, 6) is -0.934. The largest absolute Gasteiger partial charge is 0.480 e. The third-order valence-corrected chi connectivity index (χ3v) is 4.26. The molecule has 2 atom stereocenters. The smallest absolute Gasteiger partial charge is 0.321 e. The van der Waals surface area contributed by atoms with Crippen LogP contribution in [0.5, 0.6) is 0 Å². The van der Waals surface area contributed by atoms with Crippen LogP contribution in [0.3, 0.4) is 0 Å². The number of aliphatic hydroxyl groups is 1. The van der Waals surface area contributed by atoms with Crippen LogP contribution in [0.2, 0.25) is 0 Å². The summed E-state index contributed by atoms with van der Waals surface area (Å²) in [6.45, 7) is 0.736. The van der Waals surface area contributed by atoms with Gasteiger partial charge in [0.05, 0.1) is 6.10 Å². The second kappa shape index (κ2) is 7.04. The Bertz CT molecular complexity index is 355. The second-order valence-corrected chi connectivity index (χ2v) is 5.89. The SMILES string of the molecule is O=C(CCN1CC(O)CC1C(=O)O)NC1CCCCC1. The van der Waals surface area contributed by atoms with Gasteiger partial charge in [-0.25, -0.2) is 0 Å². The molecule has 0 aromatic carbocycles. The van der Waals surface area contributed by atoms with E-state index in [0.29, 0.717) is 19.5 Å². The zero-order chi connectivity index (χ0) is 14.5. The first-order valence-corrected chi connectivity index (χ1v) is 7.50. The number of rotatable bonds is 5. The topological polar surface area (TPSA) is 89.9 Å². The molecule has 0 aromatic rings. The van der Waals surface area contributed by atoms with Crippen LogP contribution in [0.1, 0.15) is 44.9 Å². The zero-order valence-electron chi connectivity index (χ0n) is 11.8. The maximum Gasteiger partial charge on any atom is 0.321 e. The fourth-order valence-corrected chi connectivity index (χ4v) is 3.18. The van der Waals surface area contributed by atoms with Gasteiger partial charge in [-0.15, -0.1) is 0 Å². The second-order valence-electron chi connectivity index (χ2n) is 5.89. The molecule has 1 saturated carbocycles. The van der Waals surface area contributed by atoms with Crippen molar-refractivity contribution < 1.29 is 19.8 Å². The molecule has 1 amide bonds. The monoisotopic (exact) mass is 284 g/mol. The summed E-state index contributed by atoms with van der Waals surface area (Å²) in [5, 5.41) is 21.6. The molecule has 2 fully saturated rings. The number of likely N-dealkylation sites (tertiary alicyclic amines) is 1. The van der Waals surface area contributed by atoms with E-state index in [1.54, 1.807) is 4.90 Å². The van der Waals surface area contributed by atoms with Gasteiger partial charge in [0.25, 0.3) is 0 Å². The Hall–Kier alpha value is -1.14. The molecule has 2 rings (SSSR count). The van der Waals surface area contributed by atoms with E-state index in [1.807, 2.05) is 0 Å². The minimum absolute atomic E-state index is 0.0116. The molecule has 0 bridgehead atoms. The van der Waals surface area contributed by atoms with E-state index < -0.39 is 18.1 Å². The maximum absolute atomic E-state index is 11.9. The van der Waals surface area contributed by atoms with Crippen LogP contribution in [-0.4, -0.2) is 58.3 Å². The van der Waals surface area contributed by atoms with E-state index in [1.165, 1.54) is 19.3 Å². The average Bonchev–Trinajstić information content (AvgIpc) is 2.79. The van der Waals surface area contributed by atoms with Gasteiger partial charge in [-0.3, -0.25) is 14.5 Å².